The summed E-state index contributed by atoms with van der Waals surface area (Å²) in [5.41, 5.74) is 2.62. The van der Waals surface area contributed by atoms with Gasteiger partial charge < -0.3 is 9.88 Å². The lowest BCUT2D eigenvalue weighted by Crippen LogP contribution is -2.48. The van der Waals surface area contributed by atoms with Crippen molar-refractivity contribution in [3.63, 3.8) is 0 Å². The SMILES string of the molecule is O=C(c1cn[nH]c1)N1CC(c2nc3ccccc3[nH]2)C1. The van der Waals surface area contributed by atoms with E-state index < -0.39 is 0 Å². The standard InChI is InChI=1S/C14H13N5O/c20-14(9-5-15-16-6-9)19-7-10(8-19)13-17-11-3-1-2-4-12(11)18-13/h1-6,10H,7-8H2,(H,15,16)(H,17,18). The number of nitrogens with zero attached hydrogens (tertiary/aromatic N) is 3. The zero-order chi connectivity index (χ0) is 13.5. The highest BCUT2D eigenvalue weighted by atomic mass is 16.2. The summed E-state index contributed by atoms with van der Waals surface area (Å²) in [5, 5.41) is 6.46. The van der Waals surface area contributed by atoms with Gasteiger partial charge in [0.15, 0.2) is 0 Å². The zero-order valence-corrected chi connectivity index (χ0v) is 10.7. The summed E-state index contributed by atoms with van der Waals surface area (Å²) in [4.78, 5) is 21.8. The molecule has 3 aromatic rings. The smallest absolute Gasteiger partial charge is 0.257 e. The molecule has 3 heterocycles. The van der Waals surface area contributed by atoms with Crippen LogP contribution in [-0.4, -0.2) is 44.1 Å². The Bertz CT molecular complexity index is 722. The van der Waals surface area contributed by atoms with Gasteiger partial charge in [-0.2, -0.15) is 5.10 Å². The van der Waals surface area contributed by atoms with Crippen molar-refractivity contribution in [3.05, 3.63) is 48.0 Å². The molecule has 1 aromatic carbocycles. The van der Waals surface area contributed by atoms with Gasteiger partial charge in [-0.3, -0.25) is 9.89 Å². The number of nitrogens with one attached hydrogen (secondary N) is 2. The lowest BCUT2D eigenvalue weighted by Gasteiger charge is -2.37. The second-order valence-corrected chi connectivity index (χ2v) is 5.03. The normalized spacial score (nSPS) is 15.5. The van der Waals surface area contributed by atoms with Gasteiger partial charge in [-0.15, -0.1) is 0 Å². The van der Waals surface area contributed by atoms with E-state index in [1.807, 2.05) is 29.2 Å². The van der Waals surface area contributed by atoms with Crippen LogP contribution in [-0.2, 0) is 0 Å². The Morgan fingerprint density at radius 3 is 2.90 bits per heavy atom. The maximum absolute atomic E-state index is 12.1. The fraction of sp³-hybridized carbons (Fsp3) is 0.214. The number of fused-ring (bicyclic) bond motifs is 1. The third kappa shape index (κ3) is 1.69. The number of benzene rings is 1. The van der Waals surface area contributed by atoms with E-state index >= 15 is 0 Å². The number of carbonyl (C=O) groups excluding carboxylic acids is 1. The topological polar surface area (TPSA) is 77.7 Å². The molecule has 6 heteroatoms. The molecule has 0 spiro atoms. The Balaban J connectivity index is 1.49. The molecule has 1 saturated heterocycles. The first-order valence-electron chi connectivity index (χ1n) is 6.54. The Morgan fingerprint density at radius 2 is 2.15 bits per heavy atom. The summed E-state index contributed by atoms with van der Waals surface area (Å²) < 4.78 is 0. The van der Waals surface area contributed by atoms with Crippen molar-refractivity contribution >= 4 is 16.9 Å². The predicted molar refractivity (Wildman–Crippen MR) is 73.3 cm³/mol. The van der Waals surface area contributed by atoms with Crippen molar-refractivity contribution in [1.29, 1.82) is 0 Å². The van der Waals surface area contributed by atoms with Gasteiger partial charge in [0, 0.05) is 19.3 Å². The molecule has 100 valence electrons. The number of rotatable bonds is 2. The minimum atomic E-state index is 0.0195. The minimum Gasteiger partial charge on any atom is -0.342 e. The number of hydrogen-bond donors (Lipinski definition) is 2. The molecule has 0 aliphatic carbocycles. The highest BCUT2D eigenvalue weighted by molar-refractivity contribution is 5.94. The van der Waals surface area contributed by atoms with Crippen LogP contribution >= 0.6 is 0 Å². The molecular formula is C14H13N5O. The van der Waals surface area contributed by atoms with E-state index in [-0.39, 0.29) is 5.91 Å². The zero-order valence-electron chi connectivity index (χ0n) is 10.7. The van der Waals surface area contributed by atoms with Gasteiger partial charge in [0.05, 0.1) is 28.7 Å². The van der Waals surface area contributed by atoms with Crippen LogP contribution in [0.3, 0.4) is 0 Å². The van der Waals surface area contributed by atoms with E-state index in [0.717, 1.165) is 16.9 Å². The second-order valence-electron chi connectivity index (χ2n) is 5.03. The van der Waals surface area contributed by atoms with Crippen molar-refractivity contribution in [3.8, 4) is 0 Å². The van der Waals surface area contributed by atoms with E-state index in [0.29, 0.717) is 24.6 Å². The molecule has 6 nitrogen and oxygen atoms in total. The molecule has 1 aliphatic rings. The number of H-pyrrole nitrogens is 2. The van der Waals surface area contributed by atoms with E-state index in [9.17, 15) is 4.79 Å². The predicted octanol–water partition coefficient (Wildman–Crippen LogP) is 1.53. The van der Waals surface area contributed by atoms with Crippen LogP contribution in [0.5, 0.6) is 0 Å². The molecule has 2 N–H and O–H groups in total. The highest BCUT2D eigenvalue weighted by Crippen LogP contribution is 2.27. The molecule has 2 aromatic heterocycles. The van der Waals surface area contributed by atoms with E-state index in [4.69, 9.17) is 0 Å². The van der Waals surface area contributed by atoms with E-state index in [1.54, 1.807) is 12.4 Å². The van der Waals surface area contributed by atoms with Crippen molar-refractivity contribution in [1.82, 2.24) is 25.1 Å². The van der Waals surface area contributed by atoms with Crippen LogP contribution in [0.25, 0.3) is 11.0 Å². The highest BCUT2D eigenvalue weighted by Gasteiger charge is 2.34. The van der Waals surface area contributed by atoms with Gasteiger partial charge in [-0.1, -0.05) is 12.1 Å². The van der Waals surface area contributed by atoms with Crippen molar-refractivity contribution in [2.75, 3.05) is 13.1 Å². The summed E-state index contributed by atoms with van der Waals surface area (Å²) in [7, 11) is 0. The molecule has 0 saturated carbocycles. The van der Waals surface area contributed by atoms with Crippen molar-refractivity contribution < 1.29 is 4.79 Å². The maximum Gasteiger partial charge on any atom is 0.257 e. The summed E-state index contributed by atoms with van der Waals surface area (Å²) in [6.07, 6.45) is 3.17. The number of aromatic nitrogens is 4. The lowest BCUT2D eigenvalue weighted by atomic mass is 9.98. The first-order valence-corrected chi connectivity index (χ1v) is 6.54. The van der Waals surface area contributed by atoms with Crippen molar-refractivity contribution in [2.24, 2.45) is 0 Å². The van der Waals surface area contributed by atoms with Crippen LogP contribution in [0.2, 0.25) is 0 Å². The van der Waals surface area contributed by atoms with E-state index in [1.165, 1.54) is 0 Å². The molecule has 0 radical (unpaired) electrons. The molecule has 20 heavy (non-hydrogen) atoms. The average molecular weight is 267 g/mol. The molecule has 1 fully saturated rings. The fourth-order valence-corrected chi connectivity index (χ4v) is 2.53. The Morgan fingerprint density at radius 1 is 1.30 bits per heavy atom. The summed E-state index contributed by atoms with van der Waals surface area (Å²) in [5.74, 6) is 1.27. The molecular weight excluding hydrogens is 254 g/mol. The fourth-order valence-electron chi connectivity index (χ4n) is 2.53. The van der Waals surface area contributed by atoms with Gasteiger partial charge in [0.1, 0.15) is 5.82 Å². The molecule has 0 atom stereocenters. The maximum atomic E-state index is 12.1. The minimum absolute atomic E-state index is 0.0195. The van der Waals surface area contributed by atoms with Crippen LogP contribution in [0.15, 0.2) is 36.7 Å². The van der Waals surface area contributed by atoms with Crippen molar-refractivity contribution in [2.45, 2.75) is 5.92 Å². The molecule has 4 rings (SSSR count). The second kappa shape index (κ2) is 4.19. The summed E-state index contributed by atoms with van der Waals surface area (Å²) >= 11 is 0. The molecule has 1 aliphatic heterocycles. The molecule has 1 amide bonds. The van der Waals surface area contributed by atoms with E-state index in [2.05, 4.69) is 20.2 Å². The number of likely N-dealkylation sites (tertiary alicyclic amines) is 1. The largest absolute Gasteiger partial charge is 0.342 e. The number of hydrogen-bond acceptors (Lipinski definition) is 3. The lowest BCUT2D eigenvalue weighted by molar-refractivity contribution is 0.0596. The third-order valence-electron chi connectivity index (χ3n) is 3.71. The van der Waals surface area contributed by atoms with Gasteiger partial charge >= 0.3 is 0 Å². The number of imidazole rings is 1. The first kappa shape index (κ1) is 11.2. The first-order chi connectivity index (χ1) is 9.81. The number of carbonyl (C=O) groups is 1. The number of amides is 1. The molecule has 0 unspecified atom stereocenters. The third-order valence-corrected chi connectivity index (χ3v) is 3.71. The summed E-state index contributed by atoms with van der Waals surface area (Å²) in [6.45, 7) is 1.40. The van der Waals surface area contributed by atoms with Crippen LogP contribution in [0, 0.1) is 0 Å². The van der Waals surface area contributed by atoms with Gasteiger partial charge in [-0.25, -0.2) is 4.98 Å². The Labute approximate surface area is 114 Å². The van der Waals surface area contributed by atoms with Crippen LogP contribution in [0.4, 0.5) is 0 Å². The van der Waals surface area contributed by atoms with Gasteiger partial charge in [0.25, 0.3) is 5.91 Å². The Hall–Kier alpha value is -2.63. The van der Waals surface area contributed by atoms with Gasteiger partial charge in [0.2, 0.25) is 0 Å². The Kier molecular flexibility index (Phi) is 2.35. The number of para-hydroxylation sites is 2. The number of aromatic amines is 2. The molecule has 0 bridgehead atoms. The van der Waals surface area contributed by atoms with Crippen LogP contribution in [0.1, 0.15) is 22.1 Å². The van der Waals surface area contributed by atoms with Gasteiger partial charge in [-0.05, 0) is 12.1 Å². The summed E-state index contributed by atoms with van der Waals surface area (Å²) in [6, 6.07) is 7.96. The van der Waals surface area contributed by atoms with Crippen LogP contribution < -0.4 is 0 Å². The monoisotopic (exact) mass is 267 g/mol. The average Bonchev–Trinajstić information content (AvgIpc) is 3.06. The quantitative estimate of drug-likeness (QED) is 0.739.